The molecule has 55 heavy (non-hydrogen) atoms. The van der Waals surface area contributed by atoms with Crippen molar-refractivity contribution < 1.29 is 4.42 Å². The van der Waals surface area contributed by atoms with Crippen molar-refractivity contribution in [3.05, 3.63) is 174 Å². The molecule has 12 rings (SSSR count). The molecule has 0 amide bonds. The maximum absolute atomic E-state index is 6.79. The van der Waals surface area contributed by atoms with Gasteiger partial charge in [0, 0.05) is 61.3 Å². The van der Waals surface area contributed by atoms with Crippen molar-refractivity contribution >= 4 is 78.6 Å². The highest BCUT2D eigenvalue weighted by Crippen LogP contribution is 2.50. The first-order valence-corrected chi connectivity index (χ1v) is 19.2. The van der Waals surface area contributed by atoms with E-state index in [2.05, 4.69) is 188 Å². The van der Waals surface area contributed by atoms with Crippen LogP contribution in [0.3, 0.4) is 0 Å². The van der Waals surface area contributed by atoms with Crippen molar-refractivity contribution in [2.24, 2.45) is 0 Å². The van der Waals surface area contributed by atoms with Crippen molar-refractivity contribution in [1.29, 1.82) is 0 Å². The normalized spacial score (nSPS) is 12.9. The number of rotatable bonds is 3. The lowest BCUT2D eigenvalue weighted by molar-refractivity contribution is 0.669. The fourth-order valence-corrected chi connectivity index (χ4v) is 10.2. The summed E-state index contributed by atoms with van der Waals surface area (Å²) in [6, 6.07) is 58.2. The average Bonchev–Trinajstić information content (AvgIpc) is 3.75. The van der Waals surface area contributed by atoms with Gasteiger partial charge in [0.1, 0.15) is 11.2 Å². The van der Waals surface area contributed by atoms with Gasteiger partial charge in [0.2, 0.25) is 0 Å². The number of furan rings is 1. The smallest absolute Gasteiger partial charge is 0.333 e. The Bertz CT molecular complexity index is 3220. The summed E-state index contributed by atoms with van der Waals surface area (Å²) in [5.41, 5.74) is 21.8. The second-order valence-electron chi connectivity index (χ2n) is 15.4. The van der Waals surface area contributed by atoms with Crippen LogP contribution in [0.1, 0.15) is 16.7 Å². The number of aromatic nitrogens is 1. The molecule has 3 nitrogen and oxygen atoms in total. The van der Waals surface area contributed by atoms with E-state index in [1.165, 1.54) is 93.9 Å². The molecule has 0 atom stereocenters. The van der Waals surface area contributed by atoms with Gasteiger partial charge in [-0.1, -0.05) is 127 Å². The van der Waals surface area contributed by atoms with Crippen molar-refractivity contribution in [2.45, 2.75) is 20.8 Å². The van der Waals surface area contributed by atoms with Crippen LogP contribution in [0.25, 0.3) is 77.1 Å². The van der Waals surface area contributed by atoms with Crippen molar-refractivity contribution in [3.8, 4) is 33.4 Å². The maximum Gasteiger partial charge on any atom is 0.333 e. The Hall–Kier alpha value is -6.78. The lowest BCUT2D eigenvalue weighted by atomic mass is 9.44. The Labute approximate surface area is 319 Å². The van der Waals surface area contributed by atoms with Gasteiger partial charge in [-0.15, -0.1) is 0 Å². The molecule has 0 radical (unpaired) electrons. The zero-order valence-electron chi connectivity index (χ0n) is 30.9. The molecule has 0 saturated carbocycles. The Balaban J connectivity index is 1.24. The highest BCUT2D eigenvalue weighted by Gasteiger charge is 2.44. The molecule has 0 saturated heterocycles. The van der Waals surface area contributed by atoms with Gasteiger partial charge in [0.05, 0.1) is 0 Å². The number of anilines is 3. The summed E-state index contributed by atoms with van der Waals surface area (Å²) in [4.78, 5) is 2.49. The molecule has 0 unspecified atom stereocenters. The topological polar surface area (TPSA) is 21.3 Å². The van der Waals surface area contributed by atoms with Crippen molar-refractivity contribution in [3.63, 3.8) is 0 Å². The third-order valence-electron chi connectivity index (χ3n) is 12.2. The fourth-order valence-electron chi connectivity index (χ4n) is 10.2. The monoisotopic (exact) mass is 702 g/mol. The predicted octanol–water partition coefficient (Wildman–Crippen LogP) is 12.4. The van der Waals surface area contributed by atoms with E-state index >= 15 is 0 Å². The molecule has 0 fully saturated rings. The van der Waals surface area contributed by atoms with Crippen LogP contribution in [0.4, 0.5) is 17.1 Å². The number of benzene rings is 8. The predicted molar refractivity (Wildman–Crippen MR) is 232 cm³/mol. The van der Waals surface area contributed by atoms with Crippen LogP contribution < -0.4 is 15.8 Å². The summed E-state index contributed by atoms with van der Waals surface area (Å²) in [5.74, 6) is 0. The first kappa shape index (κ1) is 30.7. The number of fused-ring (bicyclic) bond motifs is 11. The zero-order chi connectivity index (χ0) is 36.5. The summed E-state index contributed by atoms with van der Waals surface area (Å²) < 4.78 is 9.44. The van der Waals surface area contributed by atoms with E-state index in [1.54, 1.807) is 0 Å². The van der Waals surface area contributed by atoms with Crippen LogP contribution in [0, 0.1) is 20.8 Å². The molecule has 10 aromatic rings. The standard InChI is InChI=1S/C51H35BN2O/c1-30-26-31(2)47(32(3)27-30)35-22-25-43-41(28-35)52-50-44(53(43)36-23-20-34(21-24-36)33-12-5-4-6-13-33)29-46-48(39-15-8-10-19-45(39)55-46)49(50)40-17-11-16-38-37-14-7-9-18-42(37)54(52)51(38)40/h4-29H,1-3H3. The maximum atomic E-state index is 6.79. The van der Waals surface area contributed by atoms with E-state index in [-0.39, 0.29) is 6.85 Å². The average molecular weight is 703 g/mol. The second-order valence-corrected chi connectivity index (χ2v) is 15.4. The van der Waals surface area contributed by atoms with Crippen LogP contribution in [0.5, 0.6) is 0 Å². The molecule has 0 bridgehead atoms. The lowest BCUT2D eigenvalue weighted by Gasteiger charge is -2.41. The molecule has 0 spiro atoms. The molecule has 4 heterocycles. The Morgan fingerprint density at radius 3 is 2.02 bits per heavy atom. The first-order valence-electron chi connectivity index (χ1n) is 19.2. The highest BCUT2D eigenvalue weighted by molar-refractivity contribution is 6.90. The van der Waals surface area contributed by atoms with Gasteiger partial charge in [-0.05, 0) is 101 Å². The molecule has 2 aliphatic heterocycles. The van der Waals surface area contributed by atoms with Gasteiger partial charge in [-0.2, -0.15) is 0 Å². The molecule has 8 aromatic carbocycles. The van der Waals surface area contributed by atoms with E-state index in [9.17, 15) is 0 Å². The van der Waals surface area contributed by atoms with E-state index in [4.69, 9.17) is 4.42 Å². The molecule has 2 aliphatic rings. The minimum atomic E-state index is -0.0683. The number of nitrogens with zero attached hydrogens (tertiary/aromatic N) is 2. The Morgan fingerprint density at radius 2 is 1.20 bits per heavy atom. The molecule has 258 valence electrons. The molecular formula is C51H35BN2O. The van der Waals surface area contributed by atoms with Gasteiger partial charge in [0.25, 0.3) is 0 Å². The zero-order valence-corrected chi connectivity index (χ0v) is 30.9. The number of aryl methyl sites for hydroxylation is 3. The van der Waals surface area contributed by atoms with Crippen molar-refractivity contribution in [2.75, 3.05) is 4.90 Å². The van der Waals surface area contributed by atoms with E-state index in [0.717, 1.165) is 27.9 Å². The molecule has 0 aliphatic carbocycles. The van der Waals surface area contributed by atoms with E-state index in [0.29, 0.717) is 0 Å². The van der Waals surface area contributed by atoms with Gasteiger partial charge in [0.15, 0.2) is 0 Å². The quantitative estimate of drug-likeness (QED) is 0.171. The highest BCUT2D eigenvalue weighted by atomic mass is 16.3. The third kappa shape index (κ3) is 4.17. The van der Waals surface area contributed by atoms with Crippen molar-refractivity contribution in [1.82, 2.24) is 4.48 Å². The molecule has 0 N–H and O–H groups in total. The van der Waals surface area contributed by atoms with Crippen LogP contribution in [-0.2, 0) is 0 Å². The number of hydrogen-bond acceptors (Lipinski definition) is 2. The van der Waals surface area contributed by atoms with Crippen LogP contribution in [-0.4, -0.2) is 11.3 Å². The van der Waals surface area contributed by atoms with E-state index < -0.39 is 0 Å². The fraction of sp³-hybridized carbons (Fsp3) is 0.0588. The number of hydrogen-bond donors (Lipinski definition) is 0. The molecule has 2 aromatic heterocycles. The van der Waals surface area contributed by atoms with Crippen LogP contribution in [0.15, 0.2) is 162 Å². The van der Waals surface area contributed by atoms with E-state index in [1.807, 2.05) is 0 Å². The van der Waals surface area contributed by atoms with Gasteiger partial charge in [-0.3, -0.25) is 0 Å². The molecular weight excluding hydrogens is 667 g/mol. The Kier molecular flexibility index (Phi) is 6.20. The Morgan fingerprint density at radius 1 is 0.509 bits per heavy atom. The summed E-state index contributed by atoms with van der Waals surface area (Å²) in [7, 11) is 0. The third-order valence-corrected chi connectivity index (χ3v) is 12.2. The SMILES string of the molecule is Cc1cc(C)c(-c2ccc3c(c2)B2c4c(cc5oc6ccccc6c5c4-c4cccc5c6ccccc6n2c45)N3c2ccc(-c3ccccc3)cc2)c(C)c1. The van der Waals surface area contributed by atoms with Gasteiger partial charge < -0.3 is 13.8 Å². The van der Waals surface area contributed by atoms with Gasteiger partial charge in [-0.25, -0.2) is 0 Å². The first-order chi connectivity index (χ1) is 27.0. The summed E-state index contributed by atoms with van der Waals surface area (Å²) >= 11 is 0. The minimum Gasteiger partial charge on any atom is -0.456 e. The van der Waals surface area contributed by atoms with Crippen LogP contribution >= 0.6 is 0 Å². The van der Waals surface area contributed by atoms with Crippen LogP contribution in [0.2, 0.25) is 0 Å². The number of para-hydroxylation sites is 3. The minimum absolute atomic E-state index is 0.0683. The summed E-state index contributed by atoms with van der Waals surface area (Å²) in [6.45, 7) is 6.63. The second kappa shape index (κ2) is 11.1. The lowest BCUT2D eigenvalue weighted by Crippen LogP contribution is -2.56. The summed E-state index contributed by atoms with van der Waals surface area (Å²) in [6.07, 6.45) is 0. The largest absolute Gasteiger partial charge is 0.456 e. The summed E-state index contributed by atoms with van der Waals surface area (Å²) in [5, 5.41) is 4.91. The molecule has 4 heteroatoms. The van der Waals surface area contributed by atoms with Gasteiger partial charge >= 0.3 is 6.85 Å².